The molecule has 1 aliphatic heterocycles. The van der Waals surface area contributed by atoms with E-state index in [1.165, 1.54) is 6.07 Å². The Hall–Kier alpha value is -3.17. The number of amides is 3. The molecule has 160 valence electrons. The summed E-state index contributed by atoms with van der Waals surface area (Å²) in [4.78, 5) is 30.1. The Morgan fingerprint density at radius 3 is 2.63 bits per heavy atom. The van der Waals surface area contributed by atoms with Crippen molar-refractivity contribution in [1.82, 2.24) is 15.2 Å². The van der Waals surface area contributed by atoms with Gasteiger partial charge in [0.2, 0.25) is 5.91 Å². The molecule has 0 aliphatic carbocycles. The number of pyridine rings is 1. The van der Waals surface area contributed by atoms with E-state index in [0.717, 1.165) is 17.2 Å². The van der Waals surface area contributed by atoms with Gasteiger partial charge in [-0.1, -0.05) is 13.8 Å². The molecule has 0 bridgehead atoms. The highest BCUT2D eigenvalue weighted by molar-refractivity contribution is 5.96. The van der Waals surface area contributed by atoms with Gasteiger partial charge in [0.05, 0.1) is 30.7 Å². The van der Waals surface area contributed by atoms with Crippen molar-refractivity contribution < 1.29 is 27.2 Å². The van der Waals surface area contributed by atoms with Gasteiger partial charge in [-0.15, -0.1) is 0 Å². The minimum Gasteiger partial charge on any atom is -0.349 e. The summed E-state index contributed by atoms with van der Waals surface area (Å²) in [5.41, 5.74) is -0.103. The van der Waals surface area contributed by atoms with Gasteiger partial charge in [-0.25, -0.2) is 22.4 Å². The number of urea groups is 1. The van der Waals surface area contributed by atoms with Crippen LogP contribution in [0.3, 0.4) is 0 Å². The number of fused-ring (bicyclic) bond motifs is 1. The normalized spacial score (nSPS) is 14.4. The topological polar surface area (TPSA) is 74.3 Å². The van der Waals surface area contributed by atoms with Crippen LogP contribution < -0.4 is 10.6 Å². The first kappa shape index (κ1) is 21.5. The first-order valence-electron chi connectivity index (χ1n) is 9.29. The molecule has 1 aromatic heterocycles. The third kappa shape index (κ3) is 4.52. The Morgan fingerprint density at radius 2 is 1.97 bits per heavy atom. The maximum atomic E-state index is 14.2. The molecule has 0 unspecified atom stereocenters. The van der Waals surface area contributed by atoms with Gasteiger partial charge in [-0.05, 0) is 24.5 Å². The van der Waals surface area contributed by atoms with Crippen molar-refractivity contribution in [2.24, 2.45) is 5.92 Å². The first-order chi connectivity index (χ1) is 14.2. The molecule has 2 heterocycles. The predicted molar refractivity (Wildman–Crippen MR) is 100 cm³/mol. The molecule has 10 heteroatoms. The van der Waals surface area contributed by atoms with Crippen LogP contribution in [-0.2, 0) is 17.9 Å². The molecule has 6 nitrogen and oxygen atoms in total. The summed E-state index contributed by atoms with van der Waals surface area (Å²) >= 11 is 0. The van der Waals surface area contributed by atoms with Crippen molar-refractivity contribution in [3.05, 3.63) is 58.9 Å². The van der Waals surface area contributed by atoms with E-state index in [-0.39, 0.29) is 42.4 Å². The number of benzene rings is 1. The van der Waals surface area contributed by atoms with Crippen LogP contribution in [0.4, 0.5) is 28.0 Å². The average Bonchev–Trinajstić information content (AvgIpc) is 2.68. The average molecular weight is 424 g/mol. The number of hydrogen-bond acceptors (Lipinski definition) is 3. The Morgan fingerprint density at radius 1 is 1.23 bits per heavy atom. The van der Waals surface area contributed by atoms with Crippen molar-refractivity contribution in [3.8, 4) is 0 Å². The molecule has 2 N–H and O–H groups in total. The lowest BCUT2D eigenvalue weighted by atomic mass is 9.99. The summed E-state index contributed by atoms with van der Waals surface area (Å²) in [7, 11) is 0. The second kappa shape index (κ2) is 8.68. The molecule has 3 amide bonds. The van der Waals surface area contributed by atoms with Crippen LogP contribution in [-0.4, -0.2) is 27.9 Å². The molecule has 2 aromatic rings. The molecular formula is C20H20F4N4O2. The fraction of sp³-hybridized carbons (Fsp3) is 0.350. The Kier molecular flexibility index (Phi) is 6.23. The summed E-state index contributed by atoms with van der Waals surface area (Å²) in [5.74, 6) is -4.57. The van der Waals surface area contributed by atoms with Crippen molar-refractivity contribution in [1.29, 1.82) is 0 Å². The maximum absolute atomic E-state index is 14.2. The van der Waals surface area contributed by atoms with Gasteiger partial charge in [-0.3, -0.25) is 9.78 Å². The van der Waals surface area contributed by atoms with Crippen molar-refractivity contribution >= 4 is 17.6 Å². The standard InChI is InChI=1S/C20H20F4N4O2/c1-10(2)5-17(19(29)26-8-16-14(23)6-11(21)7-25-16)28-9-12-15(27-20(28)30)4-3-13(22)18(12)24/h3-4,6-7,10,17H,5,8-9H2,1-2H3,(H,26,29)(H,27,30)/t17-/m1/s1. The number of carbonyl (C=O) groups excluding carboxylic acids is 2. The first-order valence-corrected chi connectivity index (χ1v) is 9.29. The number of nitrogens with zero attached hydrogens (tertiary/aromatic N) is 2. The van der Waals surface area contributed by atoms with E-state index < -0.39 is 41.2 Å². The van der Waals surface area contributed by atoms with E-state index >= 15 is 0 Å². The van der Waals surface area contributed by atoms with Crippen LogP contribution >= 0.6 is 0 Å². The molecule has 0 saturated heterocycles. The minimum absolute atomic E-state index is 0.0204. The molecular weight excluding hydrogens is 404 g/mol. The van der Waals surface area contributed by atoms with E-state index in [4.69, 9.17) is 0 Å². The van der Waals surface area contributed by atoms with Crippen LogP contribution in [0.15, 0.2) is 24.4 Å². The van der Waals surface area contributed by atoms with Gasteiger partial charge in [-0.2, -0.15) is 0 Å². The predicted octanol–water partition coefficient (Wildman–Crippen LogP) is 3.72. The Balaban J connectivity index is 1.81. The third-order valence-corrected chi connectivity index (χ3v) is 4.71. The van der Waals surface area contributed by atoms with Gasteiger partial charge in [0.1, 0.15) is 17.7 Å². The second-order valence-corrected chi connectivity index (χ2v) is 7.39. The van der Waals surface area contributed by atoms with Gasteiger partial charge < -0.3 is 15.5 Å². The highest BCUT2D eigenvalue weighted by Crippen LogP contribution is 2.29. The number of halogens is 4. The smallest absolute Gasteiger partial charge is 0.322 e. The zero-order valence-corrected chi connectivity index (χ0v) is 16.3. The molecule has 1 atom stereocenters. The minimum atomic E-state index is -1.10. The number of anilines is 1. The summed E-state index contributed by atoms with van der Waals surface area (Å²) < 4.78 is 54.6. The fourth-order valence-corrected chi connectivity index (χ4v) is 3.23. The number of carbonyl (C=O) groups is 2. The molecule has 1 aromatic carbocycles. The SMILES string of the molecule is CC(C)C[C@H](C(=O)NCc1ncc(F)cc1F)N1Cc2c(ccc(F)c2F)NC1=O. The zero-order valence-electron chi connectivity index (χ0n) is 16.3. The van der Waals surface area contributed by atoms with Crippen LogP contribution in [0.5, 0.6) is 0 Å². The lowest BCUT2D eigenvalue weighted by Crippen LogP contribution is -2.52. The molecule has 30 heavy (non-hydrogen) atoms. The molecule has 0 fully saturated rings. The molecule has 0 spiro atoms. The molecule has 3 rings (SSSR count). The molecule has 1 aliphatic rings. The maximum Gasteiger partial charge on any atom is 0.322 e. The fourth-order valence-electron chi connectivity index (χ4n) is 3.23. The number of aromatic nitrogens is 1. The van der Waals surface area contributed by atoms with Gasteiger partial charge in [0.25, 0.3) is 0 Å². The Bertz CT molecular complexity index is 984. The largest absolute Gasteiger partial charge is 0.349 e. The summed E-state index contributed by atoms with van der Waals surface area (Å²) in [6.07, 6.45) is 1.05. The van der Waals surface area contributed by atoms with Crippen molar-refractivity contribution in [2.45, 2.75) is 39.4 Å². The third-order valence-electron chi connectivity index (χ3n) is 4.71. The van der Waals surface area contributed by atoms with E-state index in [2.05, 4.69) is 15.6 Å². The van der Waals surface area contributed by atoms with Crippen LogP contribution in [0.2, 0.25) is 0 Å². The zero-order chi connectivity index (χ0) is 22.0. The second-order valence-electron chi connectivity index (χ2n) is 7.39. The molecule has 0 radical (unpaired) electrons. The number of rotatable bonds is 6. The highest BCUT2D eigenvalue weighted by atomic mass is 19.2. The summed E-state index contributed by atoms with van der Waals surface area (Å²) in [5, 5.41) is 4.94. The van der Waals surface area contributed by atoms with Crippen molar-refractivity contribution in [2.75, 3.05) is 5.32 Å². The van der Waals surface area contributed by atoms with E-state index in [9.17, 15) is 27.2 Å². The van der Waals surface area contributed by atoms with E-state index in [0.29, 0.717) is 6.07 Å². The summed E-state index contributed by atoms with van der Waals surface area (Å²) in [6.45, 7) is 3.03. The van der Waals surface area contributed by atoms with Crippen molar-refractivity contribution in [3.63, 3.8) is 0 Å². The monoisotopic (exact) mass is 424 g/mol. The van der Waals surface area contributed by atoms with Gasteiger partial charge >= 0.3 is 6.03 Å². The number of hydrogen-bond donors (Lipinski definition) is 2. The lowest BCUT2D eigenvalue weighted by Gasteiger charge is -2.36. The van der Waals surface area contributed by atoms with Gasteiger partial charge in [0.15, 0.2) is 11.6 Å². The Labute approximate surface area is 170 Å². The summed E-state index contributed by atoms with van der Waals surface area (Å²) in [6, 6.07) is 1.15. The van der Waals surface area contributed by atoms with Crippen LogP contribution in [0.1, 0.15) is 31.5 Å². The van der Waals surface area contributed by atoms with Crippen LogP contribution in [0, 0.1) is 29.2 Å². The lowest BCUT2D eigenvalue weighted by molar-refractivity contribution is -0.126. The highest BCUT2D eigenvalue weighted by Gasteiger charge is 2.35. The van der Waals surface area contributed by atoms with Crippen LogP contribution in [0.25, 0.3) is 0 Å². The number of nitrogens with one attached hydrogen (secondary N) is 2. The van der Waals surface area contributed by atoms with E-state index in [1.54, 1.807) is 0 Å². The quantitative estimate of drug-likeness (QED) is 0.695. The van der Waals surface area contributed by atoms with E-state index in [1.807, 2.05) is 13.8 Å². The molecule has 0 saturated carbocycles. The van der Waals surface area contributed by atoms with Gasteiger partial charge in [0, 0.05) is 11.6 Å².